The van der Waals surface area contributed by atoms with Crippen LogP contribution in [-0.2, 0) is 7.05 Å². The first-order valence-corrected chi connectivity index (χ1v) is 3.89. The van der Waals surface area contributed by atoms with Crippen molar-refractivity contribution in [3.8, 4) is 0 Å². The van der Waals surface area contributed by atoms with Gasteiger partial charge in [0.05, 0.1) is 6.20 Å². The van der Waals surface area contributed by atoms with Crippen molar-refractivity contribution in [2.45, 2.75) is 6.42 Å². The third-order valence-electron chi connectivity index (χ3n) is 1.65. The van der Waals surface area contributed by atoms with E-state index in [1.54, 1.807) is 10.9 Å². The van der Waals surface area contributed by atoms with Crippen molar-refractivity contribution in [2.75, 3.05) is 12.3 Å². The molecule has 1 aromatic rings. The van der Waals surface area contributed by atoms with E-state index in [-0.39, 0.29) is 0 Å². The normalized spacial score (nSPS) is 11.2. The molecule has 0 saturated heterocycles. The maximum atomic E-state index is 5.70. The molecule has 0 amide bonds. The molecule has 0 radical (unpaired) electrons. The second-order valence-electron chi connectivity index (χ2n) is 2.59. The largest absolute Gasteiger partial charge is 0.383 e. The minimum absolute atomic E-state index is 0.663. The molecule has 1 rings (SSSR count). The summed E-state index contributed by atoms with van der Waals surface area (Å²) in [7, 11) is 1.82. The quantitative estimate of drug-likeness (QED) is 0.681. The summed E-state index contributed by atoms with van der Waals surface area (Å²) >= 11 is 0. The fourth-order valence-corrected chi connectivity index (χ4v) is 0.899. The Morgan fingerprint density at radius 1 is 1.67 bits per heavy atom. The molecule has 0 aliphatic rings. The van der Waals surface area contributed by atoms with E-state index in [1.165, 1.54) is 0 Å². The predicted octanol–water partition coefficient (Wildman–Crippen LogP) is 0.364. The molecule has 0 fully saturated rings. The van der Waals surface area contributed by atoms with Crippen LogP contribution in [0.25, 0.3) is 6.08 Å². The van der Waals surface area contributed by atoms with Crippen molar-refractivity contribution in [3.63, 3.8) is 0 Å². The number of nitrogen functional groups attached to an aromatic ring is 1. The van der Waals surface area contributed by atoms with E-state index in [9.17, 15) is 0 Å². The summed E-state index contributed by atoms with van der Waals surface area (Å²) in [5.41, 5.74) is 12.0. The van der Waals surface area contributed by atoms with E-state index in [0.29, 0.717) is 12.4 Å². The Balaban J connectivity index is 2.69. The molecule has 0 atom stereocenters. The first kappa shape index (κ1) is 8.80. The fourth-order valence-electron chi connectivity index (χ4n) is 0.899. The van der Waals surface area contributed by atoms with Crippen LogP contribution in [0, 0.1) is 0 Å². The summed E-state index contributed by atoms with van der Waals surface area (Å²) in [5, 5.41) is 4.00. The Morgan fingerprint density at radius 2 is 2.42 bits per heavy atom. The topological polar surface area (TPSA) is 69.9 Å². The van der Waals surface area contributed by atoms with Gasteiger partial charge in [-0.2, -0.15) is 5.10 Å². The summed E-state index contributed by atoms with van der Waals surface area (Å²) in [6.45, 7) is 0.663. The van der Waals surface area contributed by atoms with Gasteiger partial charge in [-0.25, -0.2) is 0 Å². The Kier molecular flexibility index (Phi) is 2.88. The first-order valence-electron chi connectivity index (χ1n) is 3.89. The summed E-state index contributed by atoms with van der Waals surface area (Å²) < 4.78 is 1.64. The van der Waals surface area contributed by atoms with Gasteiger partial charge in [0.25, 0.3) is 0 Å². The van der Waals surface area contributed by atoms with E-state index in [4.69, 9.17) is 11.5 Å². The molecule has 0 spiro atoms. The summed E-state index contributed by atoms with van der Waals surface area (Å²) in [4.78, 5) is 0. The average Bonchev–Trinajstić information content (AvgIpc) is 2.36. The molecule has 1 heterocycles. The molecule has 0 unspecified atom stereocenters. The maximum Gasteiger partial charge on any atom is 0.128 e. The van der Waals surface area contributed by atoms with Gasteiger partial charge in [0.2, 0.25) is 0 Å². The number of hydrogen-bond acceptors (Lipinski definition) is 3. The van der Waals surface area contributed by atoms with Gasteiger partial charge in [-0.05, 0) is 13.0 Å². The molecule has 0 aliphatic heterocycles. The van der Waals surface area contributed by atoms with Crippen molar-refractivity contribution in [2.24, 2.45) is 12.8 Å². The van der Waals surface area contributed by atoms with Crippen LogP contribution in [0.1, 0.15) is 12.0 Å². The first-order chi connectivity index (χ1) is 5.75. The van der Waals surface area contributed by atoms with E-state index in [0.717, 1.165) is 12.0 Å². The Labute approximate surface area is 71.9 Å². The highest BCUT2D eigenvalue weighted by Crippen LogP contribution is 2.10. The lowest BCUT2D eigenvalue weighted by Gasteiger charge is -1.93. The average molecular weight is 166 g/mol. The zero-order chi connectivity index (χ0) is 8.97. The Hall–Kier alpha value is -1.29. The van der Waals surface area contributed by atoms with E-state index < -0.39 is 0 Å². The minimum atomic E-state index is 0.663. The smallest absolute Gasteiger partial charge is 0.128 e. The second kappa shape index (κ2) is 3.92. The van der Waals surface area contributed by atoms with Crippen molar-refractivity contribution in [1.29, 1.82) is 0 Å². The molecule has 4 nitrogen and oxygen atoms in total. The van der Waals surface area contributed by atoms with Gasteiger partial charge in [-0.15, -0.1) is 0 Å². The molecule has 0 saturated carbocycles. The highest BCUT2D eigenvalue weighted by atomic mass is 15.3. The van der Waals surface area contributed by atoms with Gasteiger partial charge < -0.3 is 11.5 Å². The van der Waals surface area contributed by atoms with Crippen LogP contribution in [0.4, 0.5) is 5.82 Å². The number of aryl methyl sites for hydroxylation is 1. The highest BCUT2D eigenvalue weighted by Gasteiger charge is 1.98. The van der Waals surface area contributed by atoms with E-state index in [1.807, 2.05) is 19.2 Å². The molecule has 0 aliphatic carbocycles. The van der Waals surface area contributed by atoms with Gasteiger partial charge in [0.1, 0.15) is 5.82 Å². The summed E-state index contributed by atoms with van der Waals surface area (Å²) in [5.74, 6) is 0.684. The van der Waals surface area contributed by atoms with Crippen LogP contribution in [0.2, 0.25) is 0 Å². The number of hydrogen-bond donors (Lipinski definition) is 2. The zero-order valence-corrected chi connectivity index (χ0v) is 7.20. The lowest BCUT2D eigenvalue weighted by Crippen LogP contribution is -1.98. The molecule has 4 heteroatoms. The third kappa shape index (κ3) is 1.85. The SMILES string of the molecule is Cn1ncc(C=CCCN)c1N. The molecule has 12 heavy (non-hydrogen) atoms. The fraction of sp³-hybridized carbons (Fsp3) is 0.375. The van der Waals surface area contributed by atoms with Crippen molar-refractivity contribution < 1.29 is 0 Å². The Bertz CT molecular complexity index is 275. The standard InChI is InChI=1S/C8H14N4/c1-12-8(10)7(6-11-12)4-2-3-5-9/h2,4,6H,3,5,9-10H2,1H3. The monoisotopic (exact) mass is 166 g/mol. The van der Waals surface area contributed by atoms with Crippen molar-refractivity contribution in [3.05, 3.63) is 17.8 Å². The van der Waals surface area contributed by atoms with Gasteiger partial charge in [0.15, 0.2) is 0 Å². The van der Waals surface area contributed by atoms with Crippen LogP contribution >= 0.6 is 0 Å². The summed E-state index contributed by atoms with van der Waals surface area (Å²) in [6, 6.07) is 0. The van der Waals surface area contributed by atoms with Gasteiger partial charge in [-0.3, -0.25) is 4.68 Å². The molecule has 1 aromatic heterocycles. The molecule has 66 valence electrons. The minimum Gasteiger partial charge on any atom is -0.383 e. The lowest BCUT2D eigenvalue weighted by molar-refractivity contribution is 0.779. The zero-order valence-electron chi connectivity index (χ0n) is 7.20. The molecular weight excluding hydrogens is 152 g/mol. The molecule has 0 aromatic carbocycles. The van der Waals surface area contributed by atoms with E-state index in [2.05, 4.69) is 5.10 Å². The number of aromatic nitrogens is 2. The van der Waals surface area contributed by atoms with Gasteiger partial charge >= 0.3 is 0 Å². The van der Waals surface area contributed by atoms with Gasteiger partial charge in [-0.1, -0.05) is 12.2 Å². The maximum absolute atomic E-state index is 5.70. The van der Waals surface area contributed by atoms with Crippen LogP contribution in [0.15, 0.2) is 12.3 Å². The number of nitrogens with zero attached hydrogens (tertiary/aromatic N) is 2. The van der Waals surface area contributed by atoms with Crippen LogP contribution < -0.4 is 11.5 Å². The molecule has 0 bridgehead atoms. The third-order valence-corrected chi connectivity index (χ3v) is 1.65. The molecular formula is C8H14N4. The number of nitrogens with two attached hydrogens (primary N) is 2. The Morgan fingerprint density at radius 3 is 2.92 bits per heavy atom. The second-order valence-corrected chi connectivity index (χ2v) is 2.59. The molecule has 4 N–H and O–H groups in total. The van der Waals surface area contributed by atoms with E-state index >= 15 is 0 Å². The van der Waals surface area contributed by atoms with Gasteiger partial charge in [0, 0.05) is 12.6 Å². The van der Waals surface area contributed by atoms with Crippen molar-refractivity contribution >= 4 is 11.9 Å². The number of anilines is 1. The lowest BCUT2D eigenvalue weighted by atomic mass is 10.2. The van der Waals surface area contributed by atoms with Crippen LogP contribution in [-0.4, -0.2) is 16.3 Å². The summed E-state index contributed by atoms with van der Waals surface area (Å²) in [6.07, 6.45) is 6.54. The predicted molar refractivity (Wildman–Crippen MR) is 50.3 cm³/mol. The highest BCUT2D eigenvalue weighted by molar-refractivity contribution is 5.60. The number of rotatable bonds is 3. The van der Waals surface area contributed by atoms with Crippen LogP contribution in [0.5, 0.6) is 0 Å². The van der Waals surface area contributed by atoms with Crippen molar-refractivity contribution in [1.82, 2.24) is 9.78 Å². The van der Waals surface area contributed by atoms with Crippen LogP contribution in [0.3, 0.4) is 0 Å².